The minimum Gasteiger partial charge on any atom is -0.326 e. The number of sulfonamides is 1. The zero-order valence-electron chi connectivity index (χ0n) is 17.5. The number of amides is 1. The van der Waals surface area contributed by atoms with Gasteiger partial charge in [0.05, 0.1) is 4.90 Å². The van der Waals surface area contributed by atoms with Crippen LogP contribution in [0, 0.1) is 18.8 Å². The first-order chi connectivity index (χ1) is 12.6. The lowest BCUT2D eigenvalue weighted by Crippen LogP contribution is -2.34. The van der Waals surface area contributed by atoms with Crippen LogP contribution in [0.2, 0.25) is 0 Å². The molecule has 1 aliphatic heterocycles. The van der Waals surface area contributed by atoms with E-state index in [4.69, 9.17) is 0 Å². The Labute approximate surface area is 175 Å². The number of nitrogens with one attached hydrogen (secondary N) is 2. The summed E-state index contributed by atoms with van der Waals surface area (Å²) < 4.78 is 26.8. The minimum atomic E-state index is -3.58. The summed E-state index contributed by atoms with van der Waals surface area (Å²) in [5, 5.41) is 6.31. The maximum atomic E-state index is 12.7. The third-order valence-corrected chi connectivity index (χ3v) is 7.56. The summed E-state index contributed by atoms with van der Waals surface area (Å²) in [6, 6.07) is 4.76. The number of carbonyl (C=O) groups excluding carboxylic acids is 1. The van der Waals surface area contributed by atoms with E-state index in [1.807, 2.05) is 20.8 Å². The summed E-state index contributed by atoms with van der Waals surface area (Å²) in [7, 11) is -2.01. The number of hydrogen-bond acceptors (Lipinski definition) is 4. The SMILES string of the molecule is Cc1ccc(S(=O)(=O)N(C)C(C)C)cc1NC(=O)CC(C)C1CCCNC1.Cl. The van der Waals surface area contributed by atoms with E-state index in [1.165, 1.54) is 4.31 Å². The van der Waals surface area contributed by atoms with Gasteiger partial charge in [-0.15, -0.1) is 12.4 Å². The monoisotopic (exact) mass is 431 g/mol. The van der Waals surface area contributed by atoms with E-state index < -0.39 is 10.0 Å². The number of halogens is 1. The lowest BCUT2D eigenvalue weighted by atomic mass is 9.85. The maximum Gasteiger partial charge on any atom is 0.243 e. The standard InChI is InChI=1S/C20H33N3O3S.ClH/c1-14(2)23(5)27(25,26)18-9-8-15(3)19(12-18)22-20(24)11-16(4)17-7-6-10-21-13-17;/h8-9,12,14,16-17,21H,6-7,10-11,13H2,1-5H3,(H,22,24);1H. The van der Waals surface area contributed by atoms with Gasteiger partial charge in [0.1, 0.15) is 0 Å². The first-order valence-corrected chi connectivity index (χ1v) is 11.2. The van der Waals surface area contributed by atoms with E-state index in [0.29, 0.717) is 18.0 Å². The number of hydrogen-bond donors (Lipinski definition) is 2. The van der Waals surface area contributed by atoms with Gasteiger partial charge in [-0.2, -0.15) is 4.31 Å². The van der Waals surface area contributed by atoms with Gasteiger partial charge in [-0.1, -0.05) is 13.0 Å². The van der Waals surface area contributed by atoms with Crippen molar-refractivity contribution in [3.63, 3.8) is 0 Å². The Morgan fingerprint density at radius 3 is 2.57 bits per heavy atom. The third kappa shape index (κ3) is 6.17. The number of benzene rings is 1. The topological polar surface area (TPSA) is 78.5 Å². The second-order valence-corrected chi connectivity index (χ2v) is 9.93. The smallest absolute Gasteiger partial charge is 0.243 e. The normalized spacial score (nSPS) is 18.6. The van der Waals surface area contributed by atoms with Crippen molar-refractivity contribution in [3.05, 3.63) is 23.8 Å². The van der Waals surface area contributed by atoms with Crippen molar-refractivity contribution in [3.8, 4) is 0 Å². The molecule has 0 aliphatic carbocycles. The van der Waals surface area contributed by atoms with Gasteiger partial charge in [0.2, 0.25) is 15.9 Å². The highest BCUT2D eigenvalue weighted by atomic mass is 35.5. The number of anilines is 1. The lowest BCUT2D eigenvalue weighted by molar-refractivity contribution is -0.117. The molecule has 1 saturated heterocycles. The predicted octanol–water partition coefficient (Wildman–Crippen LogP) is 3.41. The van der Waals surface area contributed by atoms with E-state index in [-0.39, 0.29) is 35.2 Å². The molecular weight excluding hydrogens is 398 g/mol. The average Bonchev–Trinajstić information content (AvgIpc) is 2.63. The molecule has 0 aromatic heterocycles. The van der Waals surface area contributed by atoms with Crippen LogP contribution in [0.1, 0.15) is 45.6 Å². The van der Waals surface area contributed by atoms with Gasteiger partial charge >= 0.3 is 0 Å². The van der Waals surface area contributed by atoms with Crippen LogP contribution in [0.15, 0.2) is 23.1 Å². The molecule has 1 aromatic rings. The number of carbonyl (C=O) groups is 1. The Balaban J connectivity index is 0.00000392. The molecule has 0 radical (unpaired) electrons. The highest BCUT2D eigenvalue weighted by Crippen LogP contribution is 2.26. The van der Waals surface area contributed by atoms with Crippen molar-refractivity contribution in [1.29, 1.82) is 0 Å². The third-order valence-electron chi connectivity index (χ3n) is 5.53. The molecule has 1 aliphatic rings. The van der Waals surface area contributed by atoms with Crippen LogP contribution in [0.25, 0.3) is 0 Å². The van der Waals surface area contributed by atoms with Crippen LogP contribution < -0.4 is 10.6 Å². The highest BCUT2D eigenvalue weighted by molar-refractivity contribution is 7.89. The van der Waals surface area contributed by atoms with Crippen LogP contribution in [0.3, 0.4) is 0 Å². The van der Waals surface area contributed by atoms with E-state index in [2.05, 4.69) is 17.6 Å². The molecule has 6 nitrogen and oxygen atoms in total. The molecule has 1 heterocycles. The number of piperidine rings is 1. The predicted molar refractivity (Wildman–Crippen MR) is 117 cm³/mol. The molecule has 28 heavy (non-hydrogen) atoms. The Hall–Kier alpha value is -1.15. The number of aryl methyl sites for hydroxylation is 1. The largest absolute Gasteiger partial charge is 0.326 e. The Morgan fingerprint density at radius 1 is 1.32 bits per heavy atom. The van der Waals surface area contributed by atoms with Crippen LogP contribution in [-0.2, 0) is 14.8 Å². The first-order valence-electron chi connectivity index (χ1n) is 9.72. The molecule has 0 bridgehead atoms. The van der Waals surface area contributed by atoms with Crippen molar-refractivity contribution in [1.82, 2.24) is 9.62 Å². The second-order valence-electron chi connectivity index (χ2n) is 7.93. The molecule has 0 saturated carbocycles. The van der Waals surface area contributed by atoms with Gasteiger partial charge in [0, 0.05) is 25.2 Å². The molecule has 2 atom stereocenters. The molecule has 1 fully saturated rings. The van der Waals surface area contributed by atoms with Gasteiger partial charge in [0.15, 0.2) is 0 Å². The van der Waals surface area contributed by atoms with E-state index in [1.54, 1.807) is 25.2 Å². The van der Waals surface area contributed by atoms with Crippen LogP contribution in [0.5, 0.6) is 0 Å². The quantitative estimate of drug-likeness (QED) is 0.693. The molecule has 2 unspecified atom stereocenters. The minimum absolute atomic E-state index is 0. The van der Waals surface area contributed by atoms with Crippen LogP contribution >= 0.6 is 12.4 Å². The fraction of sp³-hybridized carbons (Fsp3) is 0.650. The maximum absolute atomic E-state index is 12.7. The van der Waals surface area contributed by atoms with E-state index >= 15 is 0 Å². The first kappa shape index (κ1) is 24.9. The molecular formula is C20H34ClN3O3S. The summed E-state index contributed by atoms with van der Waals surface area (Å²) in [4.78, 5) is 12.7. The average molecular weight is 432 g/mol. The number of nitrogens with zero attached hydrogens (tertiary/aromatic N) is 1. The summed E-state index contributed by atoms with van der Waals surface area (Å²) in [6.45, 7) is 9.66. The van der Waals surface area contributed by atoms with E-state index in [9.17, 15) is 13.2 Å². The molecule has 1 aromatic carbocycles. The molecule has 2 rings (SSSR count). The molecule has 1 amide bonds. The molecule has 2 N–H and O–H groups in total. The van der Waals surface area contributed by atoms with Crippen molar-refractivity contribution in [2.45, 2.75) is 57.9 Å². The summed E-state index contributed by atoms with van der Waals surface area (Å²) in [6.07, 6.45) is 2.74. The molecule has 0 spiro atoms. The van der Waals surface area contributed by atoms with Gasteiger partial charge in [-0.25, -0.2) is 8.42 Å². The number of rotatable bonds is 7. The molecule has 160 valence electrons. The van der Waals surface area contributed by atoms with Gasteiger partial charge in [0.25, 0.3) is 0 Å². The zero-order valence-corrected chi connectivity index (χ0v) is 19.1. The van der Waals surface area contributed by atoms with Gasteiger partial charge < -0.3 is 10.6 Å². The molecule has 8 heteroatoms. The zero-order chi connectivity index (χ0) is 20.2. The Morgan fingerprint density at radius 2 is 2.00 bits per heavy atom. The Bertz CT molecular complexity index is 762. The summed E-state index contributed by atoms with van der Waals surface area (Å²) in [5.74, 6) is 0.733. The van der Waals surface area contributed by atoms with Crippen LogP contribution in [-0.4, -0.2) is 44.8 Å². The van der Waals surface area contributed by atoms with Crippen molar-refractivity contribution in [2.75, 3.05) is 25.5 Å². The highest BCUT2D eigenvalue weighted by Gasteiger charge is 2.25. The fourth-order valence-corrected chi connectivity index (χ4v) is 4.76. The summed E-state index contributed by atoms with van der Waals surface area (Å²) in [5.41, 5.74) is 1.41. The van der Waals surface area contributed by atoms with E-state index in [0.717, 1.165) is 31.5 Å². The lowest BCUT2D eigenvalue weighted by Gasteiger charge is -2.28. The summed E-state index contributed by atoms with van der Waals surface area (Å²) >= 11 is 0. The van der Waals surface area contributed by atoms with Crippen molar-refractivity contribution < 1.29 is 13.2 Å². The van der Waals surface area contributed by atoms with Crippen molar-refractivity contribution in [2.24, 2.45) is 11.8 Å². The fourth-order valence-electron chi connectivity index (χ4n) is 3.36. The van der Waals surface area contributed by atoms with Gasteiger partial charge in [-0.05, 0) is 76.2 Å². The van der Waals surface area contributed by atoms with Crippen molar-refractivity contribution >= 4 is 34.0 Å². The Kier molecular flexibility index (Phi) is 9.40. The second kappa shape index (κ2) is 10.6. The van der Waals surface area contributed by atoms with Crippen LogP contribution in [0.4, 0.5) is 5.69 Å². The van der Waals surface area contributed by atoms with Gasteiger partial charge in [-0.3, -0.25) is 4.79 Å².